The molecule has 0 spiro atoms. The van der Waals surface area contributed by atoms with Gasteiger partial charge in [0.1, 0.15) is 24.0 Å². The molecule has 0 aliphatic carbocycles. The SMILES string of the molecule is CC/C=C/CCOc1c(OC(=O)CC)c(=O)oc2cc(O[C@H]3O[C@H](COC(C)=O)[C@@H](OC(C)=O)[C@H](OC(C)=O)[C@@H]3OC(C)=O)ccc12. The van der Waals surface area contributed by atoms with Crippen LogP contribution in [0.5, 0.6) is 17.2 Å². The maximum atomic E-state index is 13.0. The minimum absolute atomic E-state index is 0.00107. The molecule has 0 radical (unpaired) electrons. The van der Waals surface area contributed by atoms with Crippen LogP contribution < -0.4 is 19.8 Å². The number of esters is 5. The maximum Gasteiger partial charge on any atom is 0.383 e. The Balaban J connectivity index is 2.06. The summed E-state index contributed by atoms with van der Waals surface area (Å²) in [5.74, 6) is -4.13. The molecule has 1 saturated heterocycles. The molecular weight excluding hydrogens is 624 g/mol. The molecule has 256 valence electrons. The van der Waals surface area contributed by atoms with E-state index in [1.165, 1.54) is 18.2 Å². The molecule has 0 amide bonds. The number of carbonyl (C=O) groups is 5. The quantitative estimate of drug-likeness (QED) is 0.0941. The van der Waals surface area contributed by atoms with Crippen molar-refractivity contribution in [1.29, 1.82) is 0 Å². The number of carbonyl (C=O) groups excluding carboxylic acids is 5. The Hall–Kier alpha value is -4.92. The van der Waals surface area contributed by atoms with Crippen molar-refractivity contribution in [2.75, 3.05) is 13.2 Å². The monoisotopic (exact) mass is 662 g/mol. The van der Waals surface area contributed by atoms with E-state index >= 15 is 0 Å². The molecule has 15 heteroatoms. The highest BCUT2D eigenvalue weighted by atomic mass is 16.7. The average Bonchev–Trinajstić information content (AvgIpc) is 2.99. The third-order valence-electron chi connectivity index (χ3n) is 6.43. The minimum Gasteiger partial charge on any atom is -0.488 e. The Morgan fingerprint density at radius 1 is 0.830 bits per heavy atom. The lowest BCUT2D eigenvalue weighted by Gasteiger charge is -2.43. The van der Waals surface area contributed by atoms with Gasteiger partial charge in [-0.15, -0.1) is 0 Å². The molecular formula is C32H38O15. The fourth-order valence-electron chi connectivity index (χ4n) is 4.56. The van der Waals surface area contributed by atoms with Crippen LogP contribution in [0.3, 0.4) is 0 Å². The summed E-state index contributed by atoms with van der Waals surface area (Å²) in [4.78, 5) is 72.9. The number of allylic oxidation sites excluding steroid dienone is 1. The molecule has 15 nitrogen and oxygen atoms in total. The maximum absolute atomic E-state index is 13.0. The van der Waals surface area contributed by atoms with Crippen molar-refractivity contribution in [3.8, 4) is 17.2 Å². The minimum atomic E-state index is -1.52. The standard InChI is InChI=1S/C32H38O15/c1-7-9-10-11-14-39-26-22-13-12-21(15-23(22)45-31(38)29(26)47-25(37)8-2)44-32-30(43-20(6)36)28(42-19(5)35)27(41-18(4)34)24(46-32)16-40-17(3)33/h9-10,12-13,15,24,27-28,30,32H,7-8,11,14,16H2,1-6H3/b10-9+/t24-,27-,28+,30+,32+/m1/s1. The van der Waals surface area contributed by atoms with Crippen LogP contribution in [-0.4, -0.2) is 73.8 Å². The van der Waals surface area contributed by atoms with Gasteiger partial charge < -0.3 is 42.3 Å². The fraction of sp³-hybridized carbons (Fsp3) is 0.500. The van der Waals surface area contributed by atoms with E-state index in [0.29, 0.717) is 6.42 Å². The zero-order valence-corrected chi connectivity index (χ0v) is 26.9. The second-order valence-corrected chi connectivity index (χ2v) is 10.2. The van der Waals surface area contributed by atoms with E-state index in [9.17, 15) is 28.8 Å². The number of hydrogen-bond acceptors (Lipinski definition) is 15. The highest BCUT2D eigenvalue weighted by molar-refractivity contribution is 5.88. The second-order valence-electron chi connectivity index (χ2n) is 10.2. The first-order valence-electron chi connectivity index (χ1n) is 14.9. The predicted molar refractivity (Wildman–Crippen MR) is 161 cm³/mol. The summed E-state index contributed by atoms with van der Waals surface area (Å²) in [5, 5.41) is 0.275. The lowest BCUT2D eigenvalue weighted by Crippen LogP contribution is -2.63. The van der Waals surface area contributed by atoms with Crippen molar-refractivity contribution in [3.05, 3.63) is 40.8 Å². The molecule has 1 aliphatic heterocycles. The Labute approximate surface area is 269 Å². The summed E-state index contributed by atoms with van der Waals surface area (Å²) in [6.45, 7) is 7.72. The van der Waals surface area contributed by atoms with Crippen molar-refractivity contribution in [1.82, 2.24) is 0 Å². The number of hydrogen-bond donors (Lipinski definition) is 0. The number of ether oxygens (including phenoxy) is 8. The van der Waals surface area contributed by atoms with Gasteiger partial charge in [0.05, 0.1) is 12.0 Å². The van der Waals surface area contributed by atoms with Crippen LogP contribution >= 0.6 is 0 Å². The molecule has 47 heavy (non-hydrogen) atoms. The molecule has 0 saturated carbocycles. The van der Waals surface area contributed by atoms with E-state index < -0.39 is 78.5 Å². The fourth-order valence-corrected chi connectivity index (χ4v) is 4.56. The summed E-state index contributed by atoms with van der Waals surface area (Å²) in [5.41, 5.74) is -1.00. The molecule has 1 aromatic carbocycles. The molecule has 2 heterocycles. The molecule has 1 fully saturated rings. The summed E-state index contributed by atoms with van der Waals surface area (Å²) in [6.07, 6.45) is -1.85. The van der Waals surface area contributed by atoms with Gasteiger partial charge in [0.2, 0.25) is 12.4 Å². The zero-order chi connectivity index (χ0) is 34.7. The van der Waals surface area contributed by atoms with Crippen LogP contribution in [-0.2, 0) is 47.7 Å². The smallest absolute Gasteiger partial charge is 0.383 e. The highest BCUT2D eigenvalue weighted by Gasteiger charge is 2.53. The van der Waals surface area contributed by atoms with E-state index in [1.54, 1.807) is 6.92 Å². The topological polar surface area (TPSA) is 189 Å². The Kier molecular flexibility index (Phi) is 13.3. The molecule has 2 aromatic rings. The van der Waals surface area contributed by atoms with Crippen molar-refractivity contribution in [2.45, 2.75) is 91.5 Å². The van der Waals surface area contributed by atoms with Gasteiger partial charge >= 0.3 is 35.5 Å². The summed E-state index contributed by atoms with van der Waals surface area (Å²) in [6, 6.07) is 4.26. The van der Waals surface area contributed by atoms with Crippen LogP contribution in [0.2, 0.25) is 0 Å². The van der Waals surface area contributed by atoms with Crippen molar-refractivity contribution >= 4 is 40.8 Å². The molecule has 5 atom stereocenters. The predicted octanol–water partition coefficient (Wildman–Crippen LogP) is 3.31. The Bertz CT molecular complexity index is 1540. The van der Waals surface area contributed by atoms with E-state index in [1.807, 2.05) is 19.1 Å². The Morgan fingerprint density at radius 2 is 1.49 bits per heavy atom. The molecule has 0 bridgehead atoms. The van der Waals surface area contributed by atoms with Crippen LogP contribution in [0.4, 0.5) is 0 Å². The van der Waals surface area contributed by atoms with E-state index in [4.69, 9.17) is 42.3 Å². The second kappa shape index (κ2) is 17.1. The van der Waals surface area contributed by atoms with Gasteiger partial charge in [-0.3, -0.25) is 24.0 Å². The molecule has 1 aromatic heterocycles. The largest absolute Gasteiger partial charge is 0.488 e. The Morgan fingerprint density at radius 3 is 2.11 bits per heavy atom. The molecule has 3 rings (SSSR count). The lowest BCUT2D eigenvalue weighted by molar-refractivity contribution is -0.288. The summed E-state index contributed by atoms with van der Waals surface area (Å²) >= 11 is 0. The lowest BCUT2D eigenvalue weighted by atomic mass is 9.98. The van der Waals surface area contributed by atoms with Gasteiger partial charge in [0.15, 0.2) is 18.0 Å². The van der Waals surface area contributed by atoms with Crippen molar-refractivity contribution < 1.29 is 66.3 Å². The number of fused-ring (bicyclic) bond motifs is 1. The first-order chi connectivity index (χ1) is 22.3. The van der Waals surface area contributed by atoms with Crippen LogP contribution in [0.15, 0.2) is 39.6 Å². The van der Waals surface area contributed by atoms with Crippen LogP contribution in [0.1, 0.15) is 60.8 Å². The average molecular weight is 663 g/mol. The van der Waals surface area contributed by atoms with Crippen molar-refractivity contribution in [3.63, 3.8) is 0 Å². The first-order valence-corrected chi connectivity index (χ1v) is 14.9. The molecule has 0 N–H and O–H groups in total. The molecule has 0 unspecified atom stereocenters. The van der Waals surface area contributed by atoms with Gasteiger partial charge in [-0.05, 0) is 25.0 Å². The van der Waals surface area contributed by atoms with Crippen LogP contribution in [0.25, 0.3) is 11.0 Å². The summed E-state index contributed by atoms with van der Waals surface area (Å²) in [7, 11) is 0. The van der Waals surface area contributed by atoms with Gasteiger partial charge in [-0.2, -0.15) is 0 Å². The van der Waals surface area contributed by atoms with E-state index in [2.05, 4.69) is 0 Å². The highest BCUT2D eigenvalue weighted by Crippen LogP contribution is 2.36. The van der Waals surface area contributed by atoms with E-state index in [-0.39, 0.29) is 35.5 Å². The first kappa shape index (κ1) is 36.5. The van der Waals surface area contributed by atoms with Gasteiger partial charge in [-0.25, -0.2) is 4.79 Å². The third kappa shape index (κ3) is 10.3. The zero-order valence-electron chi connectivity index (χ0n) is 26.9. The summed E-state index contributed by atoms with van der Waals surface area (Å²) < 4.78 is 49.9. The number of benzene rings is 1. The molecule has 1 aliphatic rings. The number of rotatable bonds is 14. The normalized spacial score (nSPS) is 20.7. The van der Waals surface area contributed by atoms with Gasteiger partial charge in [0, 0.05) is 40.2 Å². The van der Waals surface area contributed by atoms with Crippen molar-refractivity contribution in [2.24, 2.45) is 0 Å². The van der Waals surface area contributed by atoms with E-state index in [0.717, 1.165) is 34.1 Å². The van der Waals surface area contributed by atoms with Gasteiger partial charge in [0.25, 0.3) is 5.75 Å². The van der Waals surface area contributed by atoms with Crippen LogP contribution in [0, 0.1) is 0 Å². The van der Waals surface area contributed by atoms with Gasteiger partial charge in [-0.1, -0.05) is 26.0 Å². The third-order valence-corrected chi connectivity index (χ3v) is 6.43.